The van der Waals surface area contributed by atoms with Gasteiger partial charge in [0.25, 0.3) is 0 Å². The molecule has 2 fully saturated rings. The second-order valence-corrected chi connectivity index (χ2v) is 7.07. The van der Waals surface area contributed by atoms with Gasteiger partial charge in [-0.25, -0.2) is 0 Å². The summed E-state index contributed by atoms with van der Waals surface area (Å²) >= 11 is 0. The summed E-state index contributed by atoms with van der Waals surface area (Å²) in [5.41, 5.74) is 2.67. The van der Waals surface area contributed by atoms with E-state index in [0.717, 1.165) is 24.3 Å². The van der Waals surface area contributed by atoms with Crippen molar-refractivity contribution in [1.29, 1.82) is 0 Å². The summed E-state index contributed by atoms with van der Waals surface area (Å²) in [7, 11) is 4.18. The van der Waals surface area contributed by atoms with Crippen molar-refractivity contribution in [2.75, 3.05) is 19.0 Å². The van der Waals surface area contributed by atoms with E-state index in [4.69, 9.17) is 0 Å². The van der Waals surface area contributed by atoms with Crippen molar-refractivity contribution in [3.63, 3.8) is 0 Å². The molecule has 3 rings (SSSR count). The quantitative estimate of drug-likeness (QED) is 0.880. The summed E-state index contributed by atoms with van der Waals surface area (Å²) in [6, 6.07) is 9.57. The Balaban J connectivity index is 1.51. The van der Waals surface area contributed by atoms with E-state index in [0.29, 0.717) is 6.04 Å². The summed E-state index contributed by atoms with van der Waals surface area (Å²) in [6.07, 6.45) is 5.96. The molecule has 2 nitrogen and oxygen atoms in total. The van der Waals surface area contributed by atoms with Gasteiger partial charge in [0, 0.05) is 32.4 Å². The van der Waals surface area contributed by atoms with Crippen LogP contribution in [0.4, 0.5) is 5.69 Å². The Kier molecular flexibility index (Phi) is 4.02. The van der Waals surface area contributed by atoms with Crippen LogP contribution in [0.2, 0.25) is 0 Å². The van der Waals surface area contributed by atoms with E-state index in [1.54, 1.807) is 0 Å². The Morgan fingerprint density at radius 1 is 1.15 bits per heavy atom. The normalized spacial score (nSPS) is 29.6. The van der Waals surface area contributed by atoms with Gasteiger partial charge in [-0.15, -0.1) is 0 Å². The van der Waals surface area contributed by atoms with E-state index < -0.39 is 0 Å². The highest BCUT2D eigenvalue weighted by Crippen LogP contribution is 2.49. The predicted octanol–water partition coefficient (Wildman–Crippen LogP) is 3.67. The molecule has 1 aromatic carbocycles. The molecular formula is C18H28N2. The van der Waals surface area contributed by atoms with Gasteiger partial charge in [-0.05, 0) is 61.6 Å². The van der Waals surface area contributed by atoms with Crippen molar-refractivity contribution in [2.45, 2.75) is 45.2 Å². The van der Waals surface area contributed by atoms with Crippen LogP contribution in [0.25, 0.3) is 0 Å². The maximum absolute atomic E-state index is 3.76. The molecule has 0 saturated heterocycles. The van der Waals surface area contributed by atoms with Crippen molar-refractivity contribution < 1.29 is 0 Å². The third-order valence-electron chi connectivity index (χ3n) is 5.52. The summed E-state index contributed by atoms with van der Waals surface area (Å²) in [6.45, 7) is 3.39. The second kappa shape index (κ2) is 5.77. The van der Waals surface area contributed by atoms with Crippen LogP contribution in [0, 0.1) is 17.8 Å². The molecular weight excluding hydrogens is 244 g/mol. The standard InChI is InChI=1S/C18H28N2/c1-13(18-11-15-4-7-16(18)10-15)19-12-14-5-8-17(9-6-14)20(2)3/h5-6,8-9,13,15-16,18-19H,4,7,10-12H2,1-3H3/t13-,15+,16+,18+/m1/s1. The molecule has 0 heterocycles. The molecule has 2 aliphatic carbocycles. The van der Waals surface area contributed by atoms with Crippen LogP contribution in [-0.4, -0.2) is 20.1 Å². The molecule has 0 aromatic heterocycles. The lowest BCUT2D eigenvalue weighted by atomic mass is 9.84. The summed E-state index contributed by atoms with van der Waals surface area (Å²) in [5.74, 6) is 2.99. The molecule has 2 heteroatoms. The van der Waals surface area contributed by atoms with E-state index in [9.17, 15) is 0 Å². The number of nitrogens with one attached hydrogen (secondary N) is 1. The van der Waals surface area contributed by atoms with Gasteiger partial charge in [0.1, 0.15) is 0 Å². The van der Waals surface area contributed by atoms with Crippen molar-refractivity contribution in [3.8, 4) is 0 Å². The molecule has 2 aliphatic rings. The fraction of sp³-hybridized carbons (Fsp3) is 0.667. The molecule has 110 valence electrons. The molecule has 0 amide bonds. The first kappa shape index (κ1) is 13.9. The van der Waals surface area contributed by atoms with Crippen LogP contribution >= 0.6 is 0 Å². The summed E-state index contributed by atoms with van der Waals surface area (Å²) in [5, 5.41) is 3.76. The van der Waals surface area contributed by atoms with Crippen molar-refractivity contribution in [1.82, 2.24) is 5.32 Å². The van der Waals surface area contributed by atoms with Crippen LogP contribution in [0.3, 0.4) is 0 Å². The lowest BCUT2D eigenvalue weighted by molar-refractivity contribution is 0.259. The van der Waals surface area contributed by atoms with Gasteiger partial charge < -0.3 is 10.2 Å². The Morgan fingerprint density at radius 3 is 2.45 bits per heavy atom. The molecule has 4 atom stereocenters. The Morgan fingerprint density at radius 2 is 1.90 bits per heavy atom. The third-order valence-corrected chi connectivity index (χ3v) is 5.52. The molecule has 0 radical (unpaired) electrons. The fourth-order valence-corrected chi connectivity index (χ4v) is 4.25. The summed E-state index contributed by atoms with van der Waals surface area (Å²) in [4.78, 5) is 2.15. The third kappa shape index (κ3) is 2.85. The van der Waals surface area contributed by atoms with Gasteiger partial charge >= 0.3 is 0 Å². The predicted molar refractivity (Wildman–Crippen MR) is 86.0 cm³/mol. The van der Waals surface area contributed by atoms with Gasteiger partial charge in [-0.2, -0.15) is 0 Å². The first-order valence-electron chi connectivity index (χ1n) is 8.13. The number of anilines is 1. The zero-order valence-corrected chi connectivity index (χ0v) is 13.1. The van der Waals surface area contributed by atoms with Crippen LogP contribution in [0.1, 0.15) is 38.2 Å². The van der Waals surface area contributed by atoms with Gasteiger partial charge in [0.05, 0.1) is 0 Å². The minimum Gasteiger partial charge on any atom is -0.378 e. The first-order chi connectivity index (χ1) is 9.63. The van der Waals surface area contributed by atoms with Gasteiger partial charge in [-0.3, -0.25) is 0 Å². The maximum Gasteiger partial charge on any atom is 0.0361 e. The first-order valence-corrected chi connectivity index (χ1v) is 8.13. The molecule has 2 saturated carbocycles. The monoisotopic (exact) mass is 272 g/mol. The Bertz CT molecular complexity index is 437. The number of nitrogens with zero attached hydrogens (tertiary/aromatic N) is 1. The average Bonchev–Trinajstić information content (AvgIpc) is 3.08. The van der Waals surface area contributed by atoms with E-state index in [2.05, 4.69) is 55.5 Å². The lowest BCUT2D eigenvalue weighted by Crippen LogP contribution is -2.35. The number of fused-ring (bicyclic) bond motifs is 2. The van der Waals surface area contributed by atoms with Crippen molar-refractivity contribution in [2.24, 2.45) is 17.8 Å². The minimum absolute atomic E-state index is 0.666. The molecule has 1 aromatic rings. The van der Waals surface area contributed by atoms with Gasteiger partial charge in [0.15, 0.2) is 0 Å². The molecule has 20 heavy (non-hydrogen) atoms. The number of hydrogen-bond donors (Lipinski definition) is 1. The highest BCUT2D eigenvalue weighted by molar-refractivity contribution is 5.45. The molecule has 0 unspecified atom stereocenters. The SMILES string of the molecule is C[C@@H](NCc1ccc(N(C)C)cc1)[C@@H]1C[C@H]2CC[C@H]1C2. The molecule has 1 N–H and O–H groups in total. The van der Waals surface area contributed by atoms with E-state index in [-0.39, 0.29) is 0 Å². The minimum atomic E-state index is 0.666. The highest BCUT2D eigenvalue weighted by atomic mass is 15.1. The van der Waals surface area contributed by atoms with Crippen molar-refractivity contribution in [3.05, 3.63) is 29.8 Å². The number of rotatable bonds is 5. The highest BCUT2D eigenvalue weighted by Gasteiger charge is 2.41. The largest absolute Gasteiger partial charge is 0.378 e. The zero-order valence-electron chi connectivity index (χ0n) is 13.1. The Hall–Kier alpha value is -1.02. The number of benzene rings is 1. The number of hydrogen-bond acceptors (Lipinski definition) is 2. The fourth-order valence-electron chi connectivity index (χ4n) is 4.25. The smallest absolute Gasteiger partial charge is 0.0361 e. The van der Waals surface area contributed by atoms with Crippen LogP contribution in [-0.2, 0) is 6.54 Å². The van der Waals surface area contributed by atoms with E-state index in [1.807, 2.05) is 0 Å². The second-order valence-electron chi connectivity index (χ2n) is 7.07. The molecule has 0 aliphatic heterocycles. The van der Waals surface area contributed by atoms with E-state index in [1.165, 1.54) is 36.9 Å². The Labute approximate surface area is 123 Å². The van der Waals surface area contributed by atoms with Crippen LogP contribution in [0.15, 0.2) is 24.3 Å². The van der Waals surface area contributed by atoms with E-state index >= 15 is 0 Å². The molecule has 0 spiro atoms. The van der Waals surface area contributed by atoms with Crippen LogP contribution in [0.5, 0.6) is 0 Å². The topological polar surface area (TPSA) is 15.3 Å². The molecule has 2 bridgehead atoms. The van der Waals surface area contributed by atoms with Gasteiger partial charge in [-0.1, -0.05) is 18.6 Å². The van der Waals surface area contributed by atoms with Gasteiger partial charge in [0.2, 0.25) is 0 Å². The average molecular weight is 272 g/mol. The maximum atomic E-state index is 3.76. The summed E-state index contributed by atoms with van der Waals surface area (Å²) < 4.78 is 0. The van der Waals surface area contributed by atoms with Crippen LogP contribution < -0.4 is 10.2 Å². The van der Waals surface area contributed by atoms with Crippen molar-refractivity contribution >= 4 is 5.69 Å². The zero-order chi connectivity index (χ0) is 14.1. The lowest BCUT2D eigenvalue weighted by Gasteiger charge is -2.28.